The summed E-state index contributed by atoms with van der Waals surface area (Å²) < 4.78 is 5.67. The lowest BCUT2D eigenvalue weighted by molar-refractivity contribution is 0.0637. The van der Waals surface area contributed by atoms with Crippen LogP contribution in [0.3, 0.4) is 0 Å². The summed E-state index contributed by atoms with van der Waals surface area (Å²) in [6, 6.07) is 10.3. The maximum atomic E-state index is 5.67. The van der Waals surface area contributed by atoms with E-state index in [9.17, 15) is 0 Å². The smallest absolute Gasteiger partial charge is 0.0796 e. The van der Waals surface area contributed by atoms with Crippen LogP contribution in [0.1, 0.15) is 38.4 Å². The first-order valence-electron chi connectivity index (χ1n) is 5.01. The fourth-order valence-corrected chi connectivity index (χ4v) is 1.22. The fraction of sp³-hybridized carbons (Fsp3) is 0.500. The molecule has 0 radical (unpaired) electrons. The zero-order valence-corrected chi connectivity index (χ0v) is 8.49. The van der Waals surface area contributed by atoms with Crippen LogP contribution in [-0.2, 0) is 4.74 Å². The van der Waals surface area contributed by atoms with Gasteiger partial charge in [0.25, 0.3) is 0 Å². The summed E-state index contributed by atoms with van der Waals surface area (Å²) in [4.78, 5) is 0. The Kier molecular flexibility index (Phi) is 4.55. The normalized spacial score (nSPS) is 12.8. The van der Waals surface area contributed by atoms with Gasteiger partial charge in [0.2, 0.25) is 0 Å². The summed E-state index contributed by atoms with van der Waals surface area (Å²) in [7, 11) is 0. The third kappa shape index (κ3) is 3.60. The Morgan fingerprint density at radius 1 is 1.23 bits per heavy atom. The van der Waals surface area contributed by atoms with E-state index in [1.165, 1.54) is 12.0 Å². The molecule has 13 heavy (non-hydrogen) atoms. The molecule has 0 fully saturated rings. The number of hydrogen-bond acceptors (Lipinski definition) is 1. The molecule has 1 aromatic rings. The third-order valence-electron chi connectivity index (χ3n) is 2.13. The molecule has 0 saturated heterocycles. The van der Waals surface area contributed by atoms with Gasteiger partial charge in [-0.25, -0.2) is 0 Å². The van der Waals surface area contributed by atoms with E-state index in [1.807, 2.05) is 6.07 Å². The van der Waals surface area contributed by atoms with Gasteiger partial charge in [0, 0.05) is 6.61 Å². The third-order valence-corrected chi connectivity index (χ3v) is 2.13. The molecule has 1 nitrogen and oxygen atoms in total. The van der Waals surface area contributed by atoms with Gasteiger partial charge < -0.3 is 4.74 Å². The molecule has 0 N–H and O–H groups in total. The molecule has 0 aliphatic carbocycles. The average molecular weight is 178 g/mol. The molecule has 0 saturated carbocycles. The van der Waals surface area contributed by atoms with Crippen LogP contribution in [-0.4, -0.2) is 6.61 Å². The number of unbranched alkanes of at least 4 members (excludes halogenated alkanes) is 1. The number of hydrogen-bond donors (Lipinski definition) is 0. The van der Waals surface area contributed by atoms with E-state index < -0.39 is 0 Å². The molecule has 1 aromatic carbocycles. The van der Waals surface area contributed by atoms with Crippen molar-refractivity contribution in [1.29, 1.82) is 0 Å². The Hall–Kier alpha value is -0.820. The molecule has 0 spiro atoms. The predicted octanol–water partition coefficient (Wildman–Crippen LogP) is 3.56. The minimum atomic E-state index is 0.229. The molecule has 1 heteroatoms. The number of rotatable bonds is 5. The van der Waals surface area contributed by atoms with Gasteiger partial charge in [-0.05, 0) is 18.9 Å². The first-order chi connectivity index (χ1) is 6.34. The second-order valence-electron chi connectivity index (χ2n) is 3.28. The Labute approximate surface area is 80.7 Å². The molecule has 0 aliphatic rings. The van der Waals surface area contributed by atoms with Crippen molar-refractivity contribution in [3.63, 3.8) is 0 Å². The van der Waals surface area contributed by atoms with Crippen LogP contribution < -0.4 is 0 Å². The van der Waals surface area contributed by atoms with Gasteiger partial charge in [-0.2, -0.15) is 0 Å². The molecule has 1 atom stereocenters. The second kappa shape index (κ2) is 5.76. The minimum Gasteiger partial charge on any atom is -0.374 e. The van der Waals surface area contributed by atoms with E-state index in [1.54, 1.807) is 0 Å². The van der Waals surface area contributed by atoms with Crippen molar-refractivity contribution < 1.29 is 4.74 Å². The van der Waals surface area contributed by atoms with Crippen molar-refractivity contribution >= 4 is 0 Å². The standard InChI is InChI=1S/C12H18O/c1-3-4-10-13-11(2)12-8-6-5-7-9-12/h5-9,11H,3-4,10H2,1-2H3. The predicted molar refractivity (Wildman–Crippen MR) is 55.7 cm³/mol. The van der Waals surface area contributed by atoms with Crippen molar-refractivity contribution in [3.05, 3.63) is 35.9 Å². The second-order valence-corrected chi connectivity index (χ2v) is 3.28. The molecule has 0 heterocycles. The summed E-state index contributed by atoms with van der Waals surface area (Å²) in [6.45, 7) is 5.15. The van der Waals surface area contributed by atoms with Crippen molar-refractivity contribution in [3.8, 4) is 0 Å². The maximum absolute atomic E-state index is 5.67. The van der Waals surface area contributed by atoms with Gasteiger partial charge in [0.1, 0.15) is 0 Å². The van der Waals surface area contributed by atoms with E-state index in [0.29, 0.717) is 0 Å². The molecule has 0 aliphatic heterocycles. The van der Waals surface area contributed by atoms with Crippen molar-refractivity contribution in [2.45, 2.75) is 32.8 Å². The lowest BCUT2D eigenvalue weighted by Gasteiger charge is -2.12. The largest absolute Gasteiger partial charge is 0.374 e. The summed E-state index contributed by atoms with van der Waals surface area (Å²) in [5, 5.41) is 0. The summed E-state index contributed by atoms with van der Waals surface area (Å²) in [5.74, 6) is 0. The summed E-state index contributed by atoms with van der Waals surface area (Å²) >= 11 is 0. The van der Waals surface area contributed by atoms with Crippen LogP contribution in [0.5, 0.6) is 0 Å². The lowest BCUT2D eigenvalue weighted by atomic mass is 10.1. The van der Waals surface area contributed by atoms with Crippen LogP contribution in [0.25, 0.3) is 0 Å². The maximum Gasteiger partial charge on any atom is 0.0796 e. The Balaban J connectivity index is 2.35. The molecule has 72 valence electrons. The first kappa shape index (κ1) is 10.3. The highest BCUT2D eigenvalue weighted by molar-refractivity contribution is 5.16. The van der Waals surface area contributed by atoms with Crippen molar-refractivity contribution in [2.24, 2.45) is 0 Å². The summed E-state index contributed by atoms with van der Waals surface area (Å²) in [6.07, 6.45) is 2.58. The molecule has 0 amide bonds. The van der Waals surface area contributed by atoms with E-state index >= 15 is 0 Å². The van der Waals surface area contributed by atoms with E-state index in [-0.39, 0.29) is 6.10 Å². The molecule has 0 bridgehead atoms. The summed E-state index contributed by atoms with van der Waals surface area (Å²) in [5.41, 5.74) is 1.26. The Morgan fingerprint density at radius 3 is 2.54 bits per heavy atom. The minimum absolute atomic E-state index is 0.229. The highest BCUT2D eigenvalue weighted by Crippen LogP contribution is 2.15. The van der Waals surface area contributed by atoms with Crippen molar-refractivity contribution in [2.75, 3.05) is 6.61 Å². The zero-order valence-electron chi connectivity index (χ0n) is 8.49. The van der Waals surface area contributed by atoms with Crippen LogP contribution in [0, 0.1) is 0 Å². The van der Waals surface area contributed by atoms with Crippen LogP contribution in [0.2, 0.25) is 0 Å². The molecular formula is C12H18O. The van der Waals surface area contributed by atoms with E-state index in [2.05, 4.69) is 38.1 Å². The van der Waals surface area contributed by atoms with Gasteiger partial charge in [0.15, 0.2) is 0 Å². The average Bonchev–Trinajstić information content (AvgIpc) is 2.19. The van der Waals surface area contributed by atoms with Crippen LogP contribution >= 0.6 is 0 Å². The highest BCUT2D eigenvalue weighted by Gasteiger charge is 2.02. The van der Waals surface area contributed by atoms with E-state index in [4.69, 9.17) is 4.74 Å². The molecular weight excluding hydrogens is 160 g/mol. The monoisotopic (exact) mass is 178 g/mol. The Bertz CT molecular complexity index is 218. The van der Waals surface area contributed by atoms with Crippen LogP contribution in [0.4, 0.5) is 0 Å². The molecule has 1 rings (SSSR count). The molecule has 1 unspecified atom stereocenters. The quantitative estimate of drug-likeness (QED) is 0.626. The van der Waals surface area contributed by atoms with Crippen molar-refractivity contribution in [1.82, 2.24) is 0 Å². The van der Waals surface area contributed by atoms with Gasteiger partial charge in [-0.3, -0.25) is 0 Å². The number of benzene rings is 1. The van der Waals surface area contributed by atoms with Gasteiger partial charge in [-0.15, -0.1) is 0 Å². The first-order valence-corrected chi connectivity index (χ1v) is 5.01. The molecule has 0 aromatic heterocycles. The SMILES string of the molecule is CCCCOC(C)c1ccccc1. The van der Waals surface area contributed by atoms with Crippen LogP contribution in [0.15, 0.2) is 30.3 Å². The zero-order chi connectivity index (χ0) is 9.52. The van der Waals surface area contributed by atoms with Gasteiger partial charge in [-0.1, -0.05) is 43.7 Å². The Morgan fingerprint density at radius 2 is 1.92 bits per heavy atom. The lowest BCUT2D eigenvalue weighted by Crippen LogP contribution is -2.00. The fourth-order valence-electron chi connectivity index (χ4n) is 1.22. The highest BCUT2D eigenvalue weighted by atomic mass is 16.5. The topological polar surface area (TPSA) is 9.23 Å². The van der Waals surface area contributed by atoms with E-state index in [0.717, 1.165) is 13.0 Å². The number of ether oxygens (including phenoxy) is 1. The van der Waals surface area contributed by atoms with Gasteiger partial charge in [0.05, 0.1) is 6.10 Å². The van der Waals surface area contributed by atoms with Gasteiger partial charge >= 0.3 is 0 Å².